The molecule has 4 heteroatoms. The first-order valence-corrected chi connectivity index (χ1v) is 8.37. The highest BCUT2D eigenvalue weighted by atomic mass is 19.1. The molecule has 0 amide bonds. The van der Waals surface area contributed by atoms with Crippen molar-refractivity contribution in [1.82, 2.24) is 0 Å². The number of hydrogen-bond donors (Lipinski definition) is 0. The van der Waals surface area contributed by atoms with E-state index in [2.05, 4.69) is 6.92 Å². The molecule has 1 aliphatic rings. The summed E-state index contributed by atoms with van der Waals surface area (Å²) in [6.07, 6.45) is 8.88. The Morgan fingerprint density at radius 3 is 2.54 bits per heavy atom. The van der Waals surface area contributed by atoms with Gasteiger partial charge >= 0.3 is 5.97 Å². The minimum atomic E-state index is -0.794. The molecule has 126 valence electrons. The van der Waals surface area contributed by atoms with Gasteiger partial charge in [-0.15, -0.1) is 0 Å². The van der Waals surface area contributed by atoms with E-state index in [1.165, 1.54) is 17.7 Å². The third-order valence-electron chi connectivity index (χ3n) is 4.39. The summed E-state index contributed by atoms with van der Waals surface area (Å²) in [5, 5.41) is 8.34. The predicted octanol–water partition coefficient (Wildman–Crippen LogP) is 4.89. The largest absolute Gasteiger partial charge is 0.426 e. The van der Waals surface area contributed by atoms with E-state index in [1.54, 1.807) is 6.08 Å². The molecule has 0 heterocycles. The van der Waals surface area contributed by atoms with Gasteiger partial charge in [0.25, 0.3) is 0 Å². The molecule has 1 saturated carbocycles. The van der Waals surface area contributed by atoms with Gasteiger partial charge in [-0.2, -0.15) is 9.65 Å². The van der Waals surface area contributed by atoms with Gasteiger partial charge in [-0.25, -0.2) is 0 Å². The van der Waals surface area contributed by atoms with Gasteiger partial charge in [-0.1, -0.05) is 31.2 Å². The van der Waals surface area contributed by atoms with Crippen molar-refractivity contribution >= 4 is 5.97 Å². The molecule has 3 nitrogen and oxygen atoms in total. The van der Waals surface area contributed by atoms with Gasteiger partial charge in [-0.3, -0.25) is 4.79 Å². The van der Waals surface area contributed by atoms with Gasteiger partial charge in [0.15, 0.2) is 5.83 Å². The Bertz CT molecular complexity index is 647. The third-order valence-corrected chi connectivity index (χ3v) is 4.39. The second-order valence-electron chi connectivity index (χ2n) is 6.04. The van der Waals surface area contributed by atoms with Crippen molar-refractivity contribution in [3.05, 3.63) is 53.9 Å². The fraction of sp³-hybridized carbons (Fsp3) is 0.400. The average molecular weight is 327 g/mol. The van der Waals surface area contributed by atoms with Crippen molar-refractivity contribution in [1.29, 1.82) is 5.26 Å². The minimum Gasteiger partial charge on any atom is -0.426 e. The van der Waals surface area contributed by atoms with E-state index in [4.69, 9.17) is 10.00 Å². The van der Waals surface area contributed by atoms with Crippen LogP contribution in [0.15, 0.2) is 48.3 Å². The van der Waals surface area contributed by atoms with Crippen molar-refractivity contribution in [2.45, 2.75) is 39.0 Å². The van der Waals surface area contributed by atoms with Crippen molar-refractivity contribution in [2.24, 2.45) is 11.8 Å². The lowest BCUT2D eigenvalue weighted by Gasteiger charge is -2.25. The molecule has 2 rings (SSSR count). The first-order chi connectivity index (χ1) is 11.6. The molecule has 1 fully saturated rings. The number of aryl methyl sites for hydroxylation is 1. The van der Waals surface area contributed by atoms with Crippen LogP contribution < -0.4 is 4.74 Å². The lowest BCUT2D eigenvalue weighted by atomic mass is 9.82. The molecule has 0 aliphatic heterocycles. The number of nitrogens with zero attached hydrogens (tertiary/aromatic N) is 1. The van der Waals surface area contributed by atoms with E-state index < -0.39 is 5.83 Å². The SMILES string of the molecule is CCc1ccc(OC(=O)C2CCC(C=CC=C(F)C#N)CC2)cc1. The van der Waals surface area contributed by atoms with E-state index in [0.29, 0.717) is 11.7 Å². The molecule has 0 N–H and O–H groups in total. The van der Waals surface area contributed by atoms with Crippen LogP contribution in [0.1, 0.15) is 38.2 Å². The predicted molar refractivity (Wildman–Crippen MR) is 90.8 cm³/mol. The average Bonchev–Trinajstić information content (AvgIpc) is 2.62. The molecule has 0 spiro atoms. The number of benzene rings is 1. The maximum Gasteiger partial charge on any atom is 0.314 e. The Balaban J connectivity index is 1.81. The Hall–Kier alpha value is -2.41. The number of nitriles is 1. The number of allylic oxidation sites excluding steroid dienone is 4. The van der Waals surface area contributed by atoms with Crippen LogP contribution in [0.25, 0.3) is 0 Å². The fourth-order valence-electron chi connectivity index (χ4n) is 2.87. The van der Waals surface area contributed by atoms with Crippen LogP contribution in [-0.4, -0.2) is 5.97 Å². The van der Waals surface area contributed by atoms with E-state index in [0.717, 1.165) is 32.1 Å². The summed E-state index contributed by atoms with van der Waals surface area (Å²) in [7, 11) is 0. The second kappa shape index (κ2) is 9.02. The van der Waals surface area contributed by atoms with Crippen LogP contribution in [0.5, 0.6) is 5.75 Å². The van der Waals surface area contributed by atoms with Gasteiger partial charge in [0.2, 0.25) is 0 Å². The van der Waals surface area contributed by atoms with Crippen LogP contribution in [0, 0.1) is 23.2 Å². The highest BCUT2D eigenvalue weighted by molar-refractivity contribution is 5.75. The zero-order valence-electron chi connectivity index (χ0n) is 13.9. The molecule has 1 aromatic carbocycles. The van der Waals surface area contributed by atoms with Crippen molar-refractivity contribution in [3.63, 3.8) is 0 Å². The van der Waals surface area contributed by atoms with E-state index in [9.17, 15) is 9.18 Å². The quantitative estimate of drug-likeness (QED) is 0.335. The number of hydrogen-bond acceptors (Lipinski definition) is 3. The van der Waals surface area contributed by atoms with Gasteiger partial charge in [0.05, 0.1) is 5.92 Å². The number of halogens is 1. The summed E-state index contributed by atoms with van der Waals surface area (Å²) in [6.45, 7) is 2.08. The Labute approximate surface area is 142 Å². The number of rotatable bonds is 5. The molecule has 0 bridgehead atoms. The molecule has 0 atom stereocenters. The Morgan fingerprint density at radius 1 is 1.29 bits per heavy atom. The fourth-order valence-corrected chi connectivity index (χ4v) is 2.87. The maximum atomic E-state index is 12.7. The molecule has 0 saturated heterocycles. The van der Waals surface area contributed by atoms with Crippen LogP contribution >= 0.6 is 0 Å². The molecular formula is C20H22FNO2. The number of carbonyl (C=O) groups excluding carboxylic acids is 1. The smallest absolute Gasteiger partial charge is 0.314 e. The van der Waals surface area contributed by atoms with Crippen molar-refractivity contribution in [3.8, 4) is 11.8 Å². The summed E-state index contributed by atoms with van der Waals surface area (Å²) in [5.74, 6) is -0.126. The second-order valence-corrected chi connectivity index (χ2v) is 6.04. The zero-order chi connectivity index (χ0) is 17.4. The Kier molecular flexibility index (Phi) is 6.74. The van der Waals surface area contributed by atoms with E-state index >= 15 is 0 Å². The number of ether oxygens (including phenoxy) is 1. The maximum absolute atomic E-state index is 12.7. The molecule has 0 aromatic heterocycles. The molecule has 1 aromatic rings. The first-order valence-electron chi connectivity index (χ1n) is 8.37. The molecule has 0 radical (unpaired) electrons. The normalized spacial score (nSPS) is 21.5. The summed E-state index contributed by atoms with van der Waals surface area (Å²) >= 11 is 0. The van der Waals surface area contributed by atoms with E-state index in [-0.39, 0.29) is 11.9 Å². The van der Waals surface area contributed by atoms with Crippen LogP contribution in [0.4, 0.5) is 4.39 Å². The standard InChI is InChI=1S/C20H22FNO2/c1-2-15-8-12-19(13-9-15)24-20(23)17-10-6-16(7-11-17)4-3-5-18(21)14-22/h3-5,8-9,12-13,16-17H,2,6-7,10-11H2,1H3. The summed E-state index contributed by atoms with van der Waals surface area (Å²) in [6, 6.07) is 9.05. The van der Waals surface area contributed by atoms with Gasteiger partial charge in [0, 0.05) is 0 Å². The molecular weight excluding hydrogens is 305 g/mol. The van der Waals surface area contributed by atoms with Crippen LogP contribution in [-0.2, 0) is 11.2 Å². The van der Waals surface area contributed by atoms with Crippen molar-refractivity contribution < 1.29 is 13.9 Å². The molecule has 24 heavy (non-hydrogen) atoms. The van der Waals surface area contributed by atoms with Crippen LogP contribution in [0.2, 0.25) is 0 Å². The lowest BCUT2D eigenvalue weighted by molar-refractivity contribution is -0.140. The monoisotopic (exact) mass is 327 g/mol. The lowest BCUT2D eigenvalue weighted by Crippen LogP contribution is -2.25. The summed E-state index contributed by atoms with van der Waals surface area (Å²) in [5.41, 5.74) is 1.21. The molecule has 0 unspecified atom stereocenters. The van der Waals surface area contributed by atoms with Gasteiger partial charge < -0.3 is 4.74 Å². The first kappa shape index (κ1) is 17.9. The zero-order valence-corrected chi connectivity index (χ0v) is 13.9. The van der Waals surface area contributed by atoms with Gasteiger partial charge in [-0.05, 0) is 61.8 Å². The number of carbonyl (C=O) groups is 1. The summed E-state index contributed by atoms with van der Waals surface area (Å²) in [4.78, 5) is 12.2. The third kappa shape index (κ3) is 5.34. The minimum absolute atomic E-state index is 0.0770. The highest BCUT2D eigenvalue weighted by Gasteiger charge is 2.26. The van der Waals surface area contributed by atoms with Gasteiger partial charge in [0.1, 0.15) is 11.8 Å². The highest BCUT2D eigenvalue weighted by Crippen LogP contribution is 2.31. The molecule has 1 aliphatic carbocycles. The van der Waals surface area contributed by atoms with E-state index in [1.807, 2.05) is 30.3 Å². The summed E-state index contributed by atoms with van der Waals surface area (Å²) < 4.78 is 18.2. The van der Waals surface area contributed by atoms with Crippen LogP contribution in [0.3, 0.4) is 0 Å². The number of esters is 1. The topological polar surface area (TPSA) is 50.1 Å². The van der Waals surface area contributed by atoms with Crippen molar-refractivity contribution in [2.75, 3.05) is 0 Å². The Morgan fingerprint density at radius 2 is 1.96 bits per heavy atom.